The van der Waals surface area contributed by atoms with E-state index in [9.17, 15) is 13.6 Å². The van der Waals surface area contributed by atoms with Crippen LogP contribution in [0.4, 0.5) is 8.78 Å². The topological polar surface area (TPSA) is 37.3 Å². The number of halogens is 2. The summed E-state index contributed by atoms with van der Waals surface area (Å²) < 4.78 is 26.7. The lowest BCUT2D eigenvalue weighted by Crippen LogP contribution is -2.13. The van der Waals surface area contributed by atoms with Crippen LogP contribution in [-0.2, 0) is 10.7 Å². The second kappa shape index (κ2) is 5.25. The molecule has 1 aromatic carbocycles. The van der Waals surface area contributed by atoms with Gasteiger partial charge >= 0.3 is 5.97 Å². The van der Waals surface area contributed by atoms with E-state index in [0.29, 0.717) is 12.0 Å². The number of aliphatic carboxylic acids is 1. The first kappa shape index (κ1) is 13.6. The second-order valence-electron chi connectivity index (χ2n) is 3.98. The predicted molar refractivity (Wildman–Crippen MR) is 61.3 cm³/mol. The van der Waals surface area contributed by atoms with E-state index in [2.05, 4.69) is 0 Å². The molecular formula is C13H16F2O2. The molecule has 1 N–H and O–H groups in total. The van der Waals surface area contributed by atoms with Crippen LogP contribution in [0.1, 0.15) is 43.7 Å². The fraction of sp³-hybridized carbons (Fsp3) is 0.462. The van der Waals surface area contributed by atoms with Crippen LogP contribution in [0.5, 0.6) is 0 Å². The van der Waals surface area contributed by atoms with E-state index in [1.165, 1.54) is 31.2 Å². The number of carboxylic acid groups (broad SMARTS) is 1. The predicted octanol–water partition coefficient (Wildman–Crippen LogP) is 3.77. The quantitative estimate of drug-likeness (QED) is 0.853. The Morgan fingerprint density at radius 1 is 1.29 bits per heavy atom. The van der Waals surface area contributed by atoms with Crippen molar-refractivity contribution >= 4 is 5.97 Å². The van der Waals surface area contributed by atoms with Crippen molar-refractivity contribution in [3.8, 4) is 0 Å². The third kappa shape index (κ3) is 3.02. The van der Waals surface area contributed by atoms with Gasteiger partial charge in [0.15, 0.2) is 0 Å². The first-order valence-electron chi connectivity index (χ1n) is 5.63. The zero-order chi connectivity index (χ0) is 13.1. The number of hydrogen-bond acceptors (Lipinski definition) is 1. The molecule has 0 bridgehead atoms. The van der Waals surface area contributed by atoms with Crippen LogP contribution in [0.15, 0.2) is 24.3 Å². The van der Waals surface area contributed by atoms with Gasteiger partial charge in [0.05, 0.1) is 5.92 Å². The summed E-state index contributed by atoms with van der Waals surface area (Å²) >= 11 is 0. The molecule has 0 aliphatic carbocycles. The van der Waals surface area contributed by atoms with E-state index in [-0.39, 0.29) is 12.0 Å². The van der Waals surface area contributed by atoms with Crippen molar-refractivity contribution in [3.05, 3.63) is 35.4 Å². The van der Waals surface area contributed by atoms with Crippen LogP contribution >= 0.6 is 0 Å². The van der Waals surface area contributed by atoms with Crippen molar-refractivity contribution in [2.75, 3.05) is 0 Å². The van der Waals surface area contributed by atoms with Crippen molar-refractivity contribution < 1.29 is 18.7 Å². The standard InChI is InChI=1S/C13H16F2O2/c1-3-11(12(16)17)9-5-7-10(8-6-9)13(14,15)4-2/h5-8,11H,3-4H2,1-2H3,(H,16,17). The van der Waals surface area contributed by atoms with E-state index in [0.717, 1.165) is 0 Å². The van der Waals surface area contributed by atoms with E-state index >= 15 is 0 Å². The minimum Gasteiger partial charge on any atom is -0.481 e. The lowest BCUT2D eigenvalue weighted by atomic mass is 9.94. The van der Waals surface area contributed by atoms with Crippen LogP contribution in [0, 0.1) is 0 Å². The average molecular weight is 242 g/mol. The van der Waals surface area contributed by atoms with Gasteiger partial charge in [0.2, 0.25) is 0 Å². The van der Waals surface area contributed by atoms with Gasteiger partial charge in [0, 0.05) is 12.0 Å². The molecule has 0 amide bonds. The summed E-state index contributed by atoms with van der Waals surface area (Å²) in [5.41, 5.74) is 0.500. The molecule has 1 atom stereocenters. The van der Waals surface area contributed by atoms with Crippen molar-refractivity contribution in [1.29, 1.82) is 0 Å². The second-order valence-corrected chi connectivity index (χ2v) is 3.98. The molecule has 0 aromatic heterocycles. The Bertz CT molecular complexity index is 385. The highest BCUT2D eigenvalue weighted by Crippen LogP contribution is 2.32. The highest BCUT2D eigenvalue weighted by atomic mass is 19.3. The van der Waals surface area contributed by atoms with Crippen LogP contribution < -0.4 is 0 Å². The zero-order valence-electron chi connectivity index (χ0n) is 9.91. The number of hydrogen-bond donors (Lipinski definition) is 1. The summed E-state index contributed by atoms with van der Waals surface area (Å²) in [5.74, 6) is -4.40. The largest absolute Gasteiger partial charge is 0.481 e. The minimum absolute atomic E-state index is 0.0657. The summed E-state index contributed by atoms with van der Waals surface area (Å²) in [6.07, 6.45) is 0.182. The summed E-state index contributed by atoms with van der Waals surface area (Å²) in [4.78, 5) is 10.9. The third-order valence-corrected chi connectivity index (χ3v) is 2.89. The Hall–Kier alpha value is -1.45. The molecule has 1 rings (SSSR count). The summed E-state index contributed by atoms with van der Waals surface area (Å²) in [5, 5.41) is 8.95. The maximum atomic E-state index is 13.3. The zero-order valence-corrected chi connectivity index (χ0v) is 9.91. The van der Waals surface area contributed by atoms with Gasteiger partial charge in [0.25, 0.3) is 5.92 Å². The van der Waals surface area contributed by atoms with Gasteiger partial charge in [-0.1, -0.05) is 38.1 Å². The molecule has 94 valence electrons. The Morgan fingerprint density at radius 3 is 2.18 bits per heavy atom. The van der Waals surface area contributed by atoms with Gasteiger partial charge in [-0.15, -0.1) is 0 Å². The molecule has 4 heteroatoms. The average Bonchev–Trinajstić information content (AvgIpc) is 2.30. The van der Waals surface area contributed by atoms with Gasteiger partial charge in [0.1, 0.15) is 0 Å². The first-order chi connectivity index (χ1) is 7.92. The van der Waals surface area contributed by atoms with Crippen molar-refractivity contribution in [2.45, 2.75) is 38.5 Å². The fourth-order valence-electron chi connectivity index (χ4n) is 1.72. The van der Waals surface area contributed by atoms with Gasteiger partial charge in [-0.3, -0.25) is 4.79 Å². The lowest BCUT2D eigenvalue weighted by Gasteiger charge is -2.16. The Balaban J connectivity index is 2.99. The number of alkyl halides is 2. The Morgan fingerprint density at radius 2 is 1.82 bits per heavy atom. The SMILES string of the molecule is CCC(C(=O)O)c1ccc(C(F)(F)CC)cc1. The molecule has 0 spiro atoms. The molecule has 0 saturated carbocycles. The molecule has 0 aliphatic heterocycles. The molecule has 0 heterocycles. The Kier molecular flexibility index (Phi) is 4.21. The van der Waals surface area contributed by atoms with Gasteiger partial charge in [-0.25, -0.2) is 8.78 Å². The normalized spacial score (nSPS) is 13.4. The van der Waals surface area contributed by atoms with Crippen LogP contribution in [0.2, 0.25) is 0 Å². The van der Waals surface area contributed by atoms with Gasteiger partial charge in [-0.2, -0.15) is 0 Å². The molecule has 2 nitrogen and oxygen atoms in total. The summed E-state index contributed by atoms with van der Waals surface area (Å²) in [7, 11) is 0. The van der Waals surface area contributed by atoms with E-state index in [4.69, 9.17) is 5.11 Å². The minimum atomic E-state index is -2.84. The smallest absolute Gasteiger partial charge is 0.310 e. The molecule has 0 aliphatic rings. The molecular weight excluding hydrogens is 226 g/mol. The van der Waals surface area contributed by atoms with Gasteiger partial charge in [-0.05, 0) is 12.0 Å². The van der Waals surface area contributed by atoms with E-state index in [1.54, 1.807) is 6.92 Å². The van der Waals surface area contributed by atoms with Gasteiger partial charge < -0.3 is 5.11 Å². The molecule has 0 fully saturated rings. The monoisotopic (exact) mass is 242 g/mol. The van der Waals surface area contributed by atoms with E-state index in [1.807, 2.05) is 0 Å². The number of carboxylic acids is 1. The van der Waals surface area contributed by atoms with Crippen LogP contribution in [-0.4, -0.2) is 11.1 Å². The highest BCUT2D eigenvalue weighted by Gasteiger charge is 2.29. The molecule has 17 heavy (non-hydrogen) atoms. The van der Waals surface area contributed by atoms with Crippen molar-refractivity contribution in [2.24, 2.45) is 0 Å². The molecule has 0 radical (unpaired) electrons. The number of carbonyl (C=O) groups is 1. The number of rotatable bonds is 5. The third-order valence-electron chi connectivity index (χ3n) is 2.89. The maximum Gasteiger partial charge on any atom is 0.310 e. The summed E-state index contributed by atoms with van der Waals surface area (Å²) in [6, 6.07) is 5.57. The van der Waals surface area contributed by atoms with Crippen molar-refractivity contribution in [3.63, 3.8) is 0 Å². The fourth-order valence-corrected chi connectivity index (χ4v) is 1.72. The van der Waals surface area contributed by atoms with E-state index < -0.39 is 17.8 Å². The summed E-state index contributed by atoms with van der Waals surface area (Å²) in [6.45, 7) is 3.17. The van der Waals surface area contributed by atoms with Crippen LogP contribution in [0.3, 0.4) is 0 Å². The first-order valence-corrected chi connectivity index (χ1v) is 5.63. The Labute approximate surface area is 99.3 Å². The molecule has 0 saturated heterocycles. The lowest BCUT2D eigenvalue weighted by molar-refractivity contribution is -0.138. The maximum absolute atomic E-state index is 13.3. The van der Waals surface area contributed by atoms with Crippen molar-refractivity contribution in [1.82, 2.24) is 0 Å². The molecule has 1 aromatic rings. The highest BCUT2D eigenvalue weighted by molar-refractivity contribution is 5.75. The number of benzene rings is 1. The molecule has 1 unspecified atom stereocenters. The van der Waals surface area contributed by atoms with Crippen LogP contribution in [0.25, 0.3) is 0 Å².